The molecule has 0 spiro atoms. The molecular weight excluding hydrogens is 306 g/mol. The molecule has 0 fully saturated rings. The van der Waals surface area contributed by atoms with Crippen molar-refractivity contribution in [2.45, 2.75) is 39.7 Å². The van der Waals surface area contributed by atoms with Crippen LogP contribution in [0.5, 0.6) is 0 Å². The van der Waals surface area contributed by atoms with Gasteiger partial charge in [-0.3, -0.25) is 4.79 Å². The fourth-order valence-corrected chi connectivity index (χ4v) is 4.21. The van der Waals surface area contributed by atoms with Crippen molar-refractivity contribution in [2.75, 3.05) is 19.0 Å². The summed E-state index contributed by atoms with van der Waals surface area (Å²) < 4.78 is 0. The van der Waals surface area contributed by atoms with Crippen molar-refractivity contribution in [1.29, 1.82) is 0 Å². The lowest BCUT2D eigenvalue weighted by Gasteiger charge is -2.18. The van der Waals surface area contributed by atoms with Gasteiger partial charge in [-0.15, -0.1) is 11.3 Å². The van der Waals surface area contributed by atoms with Crippen LogP contribution in [-0.2, 0) is 11.3 Å². The monoisotopic (exact) mass is 329 g/mol. The summed E-state index contributed by atoms with van der Waals surface area (Å²) in [4.78, 5) is 20.1. The molecule has 122 valence electrons. The van der Waals surface area contributed by atoms with Gasteiger partial charge >= 0.3 is 0 Å². The molecule has 1 aliphatic heterocycles. The number of hydrogen-bond donors (Lipinski definition) is 1. The predicted octanol–water partition coefficient (Wildman–Crippen LogP) is 3.29. The highest BCUT2D eigenvalue weighted by atomic mass is 32.1. The maximum atomic E-state index is 12.2. The minimum Gasteiger partial charge on any atom is -0.354 e. The highest BCUT2D eigenvalue weighted by molar-refractivity contribution is 7.15. The number of fused-ring (bicyclic) bond motifs is 1. The zero-order valence-electron chi connectivity index (χ0n) is 14.4. The second-order valence-electron chi connectivity index (χ2n) is 6.53. The van der Waals surface area contributed by atoms with E-state index in [-0.39, 0.29) is 11.8 Å². The first-order valence-electron chi connectivity index (χ1n) is 7.88. The quantitative estimate of drug-likeness (QED) is 0.919. The first-order chi connectivity index (χ1) is 10.9. The number of nitrogens with one attached hydrogen (secondary N) is 1. The number of carbonyl (C=O) groups is 1. The van der Waals surface area contributed by atoms with Crippen LogP contribution in [0.3, 0.4) is 0 Å². The second kappa shape index (κ2) is 5.96. The van der Waals surface area contributed by atoms with Crippen molar-refractivity contribution in [3.63, 3.8) is 0 Å². The third kappa shape index (κ3) is 2.98. The second-order valence-corrected chi connectivity index (χ2v) is 7.54. The molecule has 1 N–H and O–H groups in total. The highest BCUT2D eigenvalue weighted by Gasteiger charge is 2.29. The molecule has 3 rings (SSSR count). The number of rotatable bonds is 2. The highest BCUT2D eigenvalue weighted by Crippen LogP contribution is 2.40. The molecule has 1 aromatic carbocycles. The van der Waals surface area contributed by atoms with Gasteiger partial charge in [-0.1, -0.05) is 12.1 Å². The van der Waals surface area contributed by atoms with E-state index in [1.165, 1.54) is 27.1 Å². The minimum atomic E-state index is 0.0954. The van der Waals surface area contributed by atoms with Crippen LogP contribution in [0, 0.1) is 20.8 Å². The number of amides is 1. The van der Waals surface area contributed by atoms with Crippen LogP contribution in [0.1, 0.15) is 45.2 Å². The molecule has 1 aliphatic rings. The third-order valence-corrected chi connectivity index (χ3v) is 5.89. The summed E-state index contributed by atoms with van der Waals surface area (Å²) >= 11 is 1.70. The molecule has 0 aliphatic carbocycles. The lowest BCUT2D eigenvalue weighted by atomic mass is 9.88. The number of aromatic nitrogens is 1. The predicted molar refractivity (Wildman–Crippen MR) is 95.4 cm³/mol. The molecule has 0 saturated carbocycles. The first-order valence-corrected chi connectivity index (χ1v) is 8.70. The number of nitrogens with zero attached hydrogens (tertiary/aromatic N) is 2. The van der Waals surface area contributed by atoms with Crippen LogP contribution in [0.25, 0.3) is 0 Å². The van der Waals surface area contributed by atoms with Crippen LogP contribution in [0.4, 0.5) is 5.13 Å². The van der Waals surface area contributed by atoms with E-state index in [0.717, 1.165) is 10.8 Å². The van der Waals surface area contributed by atoms with Crippen LogP contribution in [0.2, 0.25) is 0 Å². The van der Waals surface area contributed by atoms with Gasteiger partial charge in [0.1, 0.15) is 0 Å². The Morgan fingerprint density at radius 1 is 1.17 bits per heavy atom. The van der Waals surface area contributed by atoms with Gasteiger partial charge < -0.3 is 10.2 Å². The van der Waals surface area contributed by atoms with Crippen molar-refractivity contribution in [3.8, 4) is 0 Å². The molecular formula is C18H23N3OS. The van der Waals surface area contributed by atoms with Gasteiger partial charge in [0.25, 0.3) is 0 Å². The van der Waals surface area contributed by atoms with Gasteiger partial charge in [0, 0.05) is 31.3 Å². The summed E-state index contributed by atoms with van der Waals surface area (Å²) in [5.41, 5.74) is 6.07. The Balaban J connectivity index is 2.14. The average molecular weight is 329 g/mol. The number of hydrogen-bond acceptors (Lipinski definition) is 4. The molecule has 1 aromatic heterocycles. The largest absolute Gasteiger partial charge is 0.354 e. The zero-order chi connectivity index (χ0) is 16.7. The summed E-state index contributed by atoms with van der Waals surface area (Å²) in [5.74, 6) is 0.197. The van der Waals surface area contributed by atoms with E-state index >= 15 is 0 Å². The molecule has 23 heavy (non-hydrogen) atoms. The Hall–Kier alpha value is -1.88. The van der Waals surface area contributed by atoms with Crippen LogP contribution in [0.15, 0.2) is 12.1 Å². The van der Waals surface area contributed by atoms with E-state index in [9.17, 15) is 4.79 Å². The molecule has 1 amide bonds. The normalized spacial score (nSPS) is 17.4. The summed E-state index contributed by atoms with van der Waals surface area (Å²) in [6.07, 6.45) is 0.491. The number of benzene rings is 1. The number of carbonyl (C=O) groups excluding carboxylic acids is 1. The van der Waals surface area contributed by atoms with Crippen LogP contribution in [-0.4, -0.2) is 25.0 Å². The average Bonchev–Trinajstić information content (AvgIpc) is 2.85. The van der Waals surface area contributed by atoms with E-state index in [0.29, 0.717) is 13.0 Å². The molecule has 0 bridgehead atoms. The van der Waals surface area contributed by atoms with E-state index in [1.807, 2.05) is 19.0 Å². The van der Waals surface area contributed by atoms with E-state index in [4.69, 9.17) is 4.98 Å². The molecule has 5 heteroatoms. The lowest BCUT2D eigenvalue weighted by molar-refractivity contribution is -0.121. The first kappa shape index (κ1) is 16.0. The SMILES string of the molecule is Cc1cc(C)c([C@H]2CC(=O)NCc3nc(N(C)C)sc32)cc1C. The molecule has 2 heterocycles. The summed E-state index contributed by atoms with van der Waals surface area (Å²) in [5, 5.41) is 3.98. The van der Waals surface area contributed by atoms with Crippen LogP contribution >= 0.6 is 11.3 Å². The Morgan fingerprint density at radius 2 is 1.87 bits per heavy atom. The Labute approximate surface area is 141 Å². The van der Waals surface area contributed by atoms with Gasteiger partial charge in [0.2, 0.25) is 5.91 Å². The number of anilines is 1. The Bertz CT molecular complexity index is 764. The number of aryl methyl sites for hydroxylation is 3. The smallest absolute Gasteiger partial charge is 0.221 e. The minimum absolute atomic E-state index is 0.0954. The summed E-state index contributed by atoms with van der Waals surface area (Å²) in [6.45, 7) is 6.93. The fraction of sp³-hybridized carbons (Fsp3) is 0.444. The maximum Gasteiger partial charge on any atom is 0.221 e. The third-order valence-electron chi connectivity index (χ3n) is 4.52. The molecule has 0 radical (unpaired) electrons. The topological polar surface area (TPSA) is 45.2 Å². The number of thiazole rings is 1. The standard InChI is InChI=1S/C18H23N3OS/c1-10-6-12(3)13(7-11(10)2)14-8-16(22)19-9-15-17(14)23-18(20-15)21(4)5/h6-7,14H,8-9H2,1-5H3,(H,19,22)/t14-/m1/s1. The molecule has 2 aromatic rings. The van der Waals surface area contributed by atoms with E-state index in [2.05, 4.69) is 38.2 Å². The fourth-order valence-electron chi connectivity index (χ4n) is 3.08. The summed E-state index contributed by atoms with van der Waals surface area (Å²) in [6, 6.07) is 4.47. The van der Waals surface area contributed by atoms with Crippen molar-refractivity contribution < 1.29 is 4.79 Å². The van der Waals surface area contributed by atoms with Crippen LogP contribution < -0.4 is 10.2 Å². The van der Waals surface area contributed by atoms with Crippen molar-refractivity contribution in [3.05, 3.63) is 45.0 Å². The summed E-state index contributed by atoms with van der Waals surface area (Å²) in [7, 11) is 4.01. The lowest BCUT2D eigenvalue weighted by Crippen LogP contribution is -2.21. The molecule has 0 saturated heterocycles. The van der Waals surface area contributed by atoms with Crippen molar-refractivity contribution in [2.24, 2.45) is 0 Å². The molecule has 1 atom stereocenters. The Morgan fingerprint density at radius 3 is 2.57 bits per heavy atom. The van der Waals surface area contributed by atoms with E-state index < -0.39 is 0 Å². The van der Waals surface area contributed by atoms with Gasteiger partial charge in [-0.05, 0) is 43.0 Å². The van der Waals surface area contributed by atoms with Gasteiger partial charge in [-0.25, -0.2) is 4.98 Å². The van der Waals surface area contributed by atoms with E-state index in [1.54, 1.807) is 11.3 Å². The van der Waals surface area contributed by atoms with Gasteiger partial charge in [-0.2, -0.15) is 0 Å². The molecule has 4 nitrogen and oxygen atoms in total. The van der Waals surface area contributed by atoms with Gasteiger partial charge in [0.05, 0.1) is 12.2 Å². The maximum absolute atomic E-state index is 12.2. The van der Waals surface area contributed by atoms with Crippen molar-refractivity contribution >= 4 is 22.4 Å². The zero-order valence-corrected chi connectivity index (χ0v) is 15.2. The Kier molecular flexibility index (Phi) is 4.15. The van der Waals surface area contributed by atoms with Crippen molar-refractivity contribution in [1.82, 2.24) is 10.3 Å². The van der Waals surface area contributed by atoms with Gasteiger partial charge in [0.15, 0.2) is 5.13 Å². The molecule has 0 unspecified atom stereocenters.